The number of amides is 4. The van der Waals surface area contributed by atoms with Gasteiger partial charge in [-0.25, -0.2) is 4.79 Å². The number of carbonyl (C=O) groups is 3. The Balaban J connectivity index is 1.46. The first-order valence-corrected chi connectivity index (χ1v) is 9.98. The Morgan fingerprint density at radius 3 is 2.83 bits per heavy atom. The highest BCUT2D eigenvalue weighted by molar-refractivity contribution is 6.10. The molecule has 1 aromatic carbocycles. The number of urea groups is 1. The predicted octanol–water partition coefficient (Wildman–Crippen LogP) is 2.81. The first kappa shape index (κ1) is 20.1. The summed E-state index contributed by atoms with van der Waals surface area (Å²) in [6.45, 7) is 5.96. The maximum Gasteiger partial charge on any atom is 0.325 e. The van der Waals surface area contributed by atoms with Gasteiger partial charge in [-0.1, -0.05) is 26.8 Å². The SMILES string of the molecule is C[C@@H]1CC(C)(C)C[C@]2(C1)NC(=O)N(CC(=O)Nc1cccc(-c3nnco3)c1)C2=O. The summed E-state index contributed by atoms with van der Waals surface area (Å²) >= 11 is 0. The number of hydrogen-bond acceptors (Lipinski definition) is 6. The molecule has 0 unspecified atom stereocenters. The summed E-state index contributed by atoms with van der Waals surface area (Å²) in [7, 11) is 0. The van der Waals surface area contributed by atoms with Crippen molar-refractivity contribution in [2.45, 2.75) is 45.6 Å². The number of anilines is 1. The molecule has 0 radical (unpaired) electrons. The van der Waals surface area contributed by atoms with Gasteiger partial charge in [0, 0.05) is 11.3 Å². The van der Waals surface area contributed by atoms with E-state index >= 15 is 0 Å². The van der Waals surface area contributed by atoms with Crippen molar-refractivity contribution in [2.75, 3.05) is 11.9 Å². The fraction of sp³-hybridized carbons (Fsp3) is 0.476. The van der Waals surface area contributed by atoms with E-state index in [1.807, 2.05) is 0 Å². The Labute approximate surface area is 174 Å². The molecular formula is C21H25N5O4. The van der Waals surface area contributed by atoms with Crippen molar-refractivity contribution in [3.63, 3.8) is 0 Å². The van der Waals surface area contributed by atoms with E-state index in [0.29, 0.717) is 35.9 Å². The fourth-order valence-electron chi connectivity index (χ4n) is 5.02. The maximum absolute atomic E-state index is 13.2. The third-order valence-electron chi connectivity index (χ3n) is 5.68. The zero-order chi connectivity index (χ0) is 21.5. The molecule has 2 aliphatic rings. The molecule has 2 N–H and O–H groups in total. The monoisotopic (exact) mass is 411 g/mol. The smallest absolute Gasteiger partial charge is 0.325 e. The summed E-state index contributed by atoms with van der Waals surface area (Å²) < 4.78 is 5.16. The Kier molecular flexibility index (Phi) is 4.83. The Morgan fingerprint density at radius 2 is 2.13 bits per heavy atom. The van der Waals surface area contributed by atoms with Crippen molar-refractivity contribution in [1.82, 2.24) is 20.4 Å². The van der Waals surface area contributed by atoms with Crippen LogP contribution in [-0.2, 0) is 9.59 Å². The number of nitrogens with zero attached hydrogens (tertiary/aromatic N) is 3. The molecule has 1 aromatic heterocycles. The number of carbonyl (C=O) groups excluding carboxylic acids is 3. The van der Waals surface area contributed by atoms with Crippen LogP contribution in [0.2, 0.25) is 0 Å². The Bertz CT molecular complexity index is 987. The lowest BCUT2D eigenvalue weighted by Crippen LogP contribution is -2.54. The molecule has 2 fully saturated rings. The van der Waals surface area contributed by atoms with Crippen LogP contribution in [0.3, 0.4) is 0 Å². The highest BCUT2D eigenvalue weighted by Gasteiger charge is 2.56. The molecule has 1 aliphatic heterocycles. The summed E-state index contributed by atoms with van der Waals surface area (Å²) in [5.41, 5.74) is 0.173. The summed E-state index contributed by atoms with van der Waals surface area (Å²) in [5, 5.41) is 13.1. The first-order valence-electron chi connectivity index (χ1n) is 9.98. The molecule has 30 heavy (non-hydrogen) atoms. The molecule has 4 rings (SSSR count). The molecule has 2 aromatic rings. The highest BCUT2D eigenvalue weighted by atomic mass is 16.4. The van der Waals surface area contributed by atoms with Gasteiger partial charge >= 0.3 is 6.03 Å². The standard InChI is InChI=1S/C21H25N5O4/c1-13-8-20(2,3)11-21(9-13)18(28)26(19(29)24-21)10-16(27)23-15-6-4-5-14(7-15)17-25-22-12-30-17/h4-7,12-13H,8-11H2,1-3H3,(H,23,27)(H,24,29)/t13-,21+/m1/s1. The largest absolute Gasteiger partial charge is 0.423 e. The zero-order valence-corrected chi connectivity index (χ0v) is 17.3. The van der Waals surface area contributed by atoms with Crippen LogP contribution in [0.25, 0.3) is 11.5 Å². The van der Waals surface area contributed by atoms with Gasteiger partial charge in [0.25, 0.3) is 5.91 Å². The number of benzene rings is 1. The molecule has 0 bridgehead atoms. The average molecular weight is 411 g/mol. The molecule has 4 amide bonds. The second kappa shape index (κ2) is 7.23. The third-order valence-corrected chi connectivity index (χ3v) is 5.68. The van der Waals surface area contributed by atoms with E-state index in [1.165, 1.54) is 6.39 Å². The van der Waals surface area contributed by atoms with E-state index in [-0.39, 0.29) is 17.9 Å². The third kappa shape index (κ3) is 3.79. The minimum Gasteiger partial charge on any atom is -0.423 e. The minimum absolute atomic E-state index is 0.0614. The van der Waals surface area contributed by atoms with E-state index in [4.69, 9.17) is 4.42 Å². The van der Waals surface area contributed by atoms with Gasteiger partial charge in [-0.2, -0.15) is 0 Å². The van der Waals surface area contributed by atoms with Crippen molar-refractivity contribution in [2.24, 2.45) is 11.3 Å². The summed E-state index contributed by atoms with van der Waals surface area (Å²) in [6, 6.07) is 6.39. The summed E-state index contributed by atoms with van der Waals surface area (Å²) in [6.07, 6.45) is 3.38. The molecule has 158 valence electrons. The molecule has 2 atom stereocenters. The van der Waals surface area contributed by atoms with Crippen LogP contribution < -0.4 is 10.6 Å². The van der Waals surface area contributed by atoms with E-state index < -0.39 is 17.5 Å². The minimum atomic E-state index is -0.920. The highest BCUT2D eigenvalue weighted by Crippen LogP contribution is 2.46. The van der Waals surface area contributed by atoms with E-state index in [2.05, 4.69) is 41.6 Å². The van der Waals surface area contributed by atoms with Gasteiger partial charge in [-0.3, -0.25) is 14.5 Å². The quantitative estimate of drug-likeness (QED) is 0.747. The lowest BCUT2D eigenvalue weighted by molar-refractivity contribution is -0.136. The van der Waals surface area contributed by atoms with Crippen molar-refractivity contribution >= 4 is 23.5 Å². The van der Waals surface area contributed by atoms with Crippen molar-refractivity contribution in [1.29, 1.82) is 0 Å². The Morgan fingerprint density at radius 1 is 1.33 bits per heavy atom. The summed E-state index contributed by atoms with van der Waals surface area (Å²) in [5.74, 6) is -0.140. The lowest BCUT2D eigenvalue weighted by Gasteiger charge is -2.43. The lowest BCUT2D eigenvalue weighted by atomic mass is 9.64. The van der Waals surface area contributed by atoms with Gasteiger partial charge in [-0.15, -0.1) is 10.2 Å². The van der Waals surface area contributed by atoms with Gasteiger partial charge in [0.05, 0.1) is 0 Å². The second-order valence-corrected chi connectivity index (χ2v) is 9.13. The molecule has 9 nitrogen and oxygen atoms in total. The van der Waals surface area contributed by atoms with E-state index in [1.54, 1.807) is 24.3 Å². The second-order valence-electron chi connectivity index (χ2n) is 9.13. The zero-order valence-electron chi connectivity index (χ0n) is 17.3. The number of nitrogens with one attached hydrogen (secondary N) is 2. The van der Waals surface area contributed by atoms with Gasteiger partial charge in [0.15, 0.2) is 0 Å². The van der Waals surface area contributed by atoms with E-state index in [9.17, 15) is 14.4 Å². The van der Waals surface area contributed by atoms with Crippen LogP contribution in [0.15, 0.2) is 35.1 Å². The molecule has 2 heterocycles. The molecule has 9 heteroatoms. The number of hydrogen-bond donors (Lipinski definition) is 2. The van der Waals surface area contributed by atoms with Gasteiger partial charge in [-0.05, 0) is 48.8 Å². The predicted molar refractivity (Wildman–Crippen MR) is 108 cm³/mol. The number of aromatic nitrogens is 2. The normalized spacial score (nSPS) is 25.4. The van der Waals surface area contributed by atoms with Crippen molar-refractivity contribution < 1.29 is 18.8 Å². The molecule has 1 spiro atoms. The molecule has 1 saturated heterocycles. The van der Waals surface area contributed by atoms with Crippen LogP contribution >= 0.6 is 0 Å². The molecular weight excluding hydrogens is 386 g/mol. The number of rotatable bonds is 4. The van der Waals surface area contributed by atoms with Gasteiger partial charge in [0.1, 0.15) is 12.1 Å². The van der Waals surface area contributed by atoms with Crippen LogP contribution in [0.4, 0.5) is 10.5 Å². The average Bonchev–Trinajstić information content (AvgIpc) is 3.24. The van der Waals surface area contributed by atoms with Crippen molar-refractivity contribution in [3.05, 3.63) is 30.7 Å². The Hall–Kier alpha value is -3.23. The first-order chi connectivity index (χ1) is 14.2. The van der Waals surface area contributed by atoms with Crippen LogP contribution in [-0.4, -0.2) is 45.0 Å². The molecule has 1 aliphatic carbocycles. The van der Waals surface area contributed by atoms with Crippen LogP contribution in [0, 0.1) is 11.3 Å². The van der Waals surface area contributed by atoms with Crippen molar-refractivity contribution in [3.8, 4) is 11.5 Å². The topological polar surface area (TPSA) is 117 Å². The maximum atomic E-state index is 13.2. The van der Waals surface area contributed by atoms with Gasteiger partial charge in [0.2, 0.25) is 18.2 Å². The number of imide groups is 1. The van der Waals surface area contributed by atoms with Crippen LogP contribution in [0.5, 0.6) is 0 Å². The summed E-state index contributed by atoms with van der Waals surface area (Å²) in [4.78, 5) is 39.3. The van der Waals surface area contributed by atoms with Crippen LogP contribution in [0.1, 0.15) is 40.0 Å². The van der Waals surface area contributed by atoms with E-state index in [0.717, 1.165) is 11.3 Å². The van der Waals surface area contributed by atoms with Gasteiger partial charge < -0.3 is 15.1 Å². The molecule has 1 saturated carbocycles. The fourth-order valence-corrected chi connectivity index (χ4v) is 5.02.